The largest absolute Gasteiger partial charge is 0.343 e. The number of carbonyl (C=O) groups excluding carboxylic acids is 3. The molecule has 0 bridgehead atoms. The van der Waals surface area contributed by atoms with E-state index >= 15 is 0 Å². The first-order chi connectivity index (χ1) is 12.0. The van der Waals surface area contributed by atoms with Crippen molar-refractivity contribution in [2.24, 2.45) is 15.9 Å². The average Bonchev–Trinajstić information content (AvgIpc) is 2.85. The van der Waals surface area contributed by atoms with E-state index in [2.05, 4.69) is 25.7 Å². The third kappa shape index (κ3) is 4.41. The van der Waals surface area contributed by atoms with Gasteiger partial charge in [-0.1, -0.05) is 6.92 Å². The molecule has 3 amide bonds. The predicted octanol–water partition coefficient (Wildman–Crippen LogP) is 1.28. The number of hydrogen-bond acceptors (Lipinski definition) is 5. The molecule has 1 aromatic heterocycles. The second-order valence-corrected chi connectivity index (χ2v) is 7.21. The van der Waals surface area contributed by atoms with E-state index in [-0.39, 0.29) is 23.6 Å². The van der Waals surface area contributed by atoms with E-state index in [1.807, 2.05) is 6.92 Å². The van der Waals surface area contributed by atoms with Gasteiger partial charge in [0.1, 0.15) is 5.82 Å². The standard InChI is InChI=1S/C17H24N6O3/c1-7-11-10(3)18-16(20-13(11)24)23-12(8-9(2)22-23)19-14(25)15(26)21-17(4,5)6/h8,11H,7H2,1-6H3,(H,19,25)(H,21,26). The van der Waals surface area contributed by atoms with Gasteiger partial charge < -0.3 is 10.6 Å². The molecule has 1 aliphatic rings. The van der Waals surface area contributed by atoms with Crippen LogP contribution in [0, 0.1) is 12.8 Å². The van der Waals surface area contributed by atoms with Gasteiger partial charge in [0.2, 0.25) is 0 Å². The molecule has 2 heterocycles. The van der Waals surface area contributed by atoms with Crippen molar-refractivity contribution in [2.45, 2.75) is 53.5 Å². The first-order valence-electron chi connectivity index (χ1n) is 8.40. The van der Waals surface area contributed by atoms with E-state index in [0.29, 0.717) is 17.8 Å². The van der Waals surface area contributed by atoms with Crippen molar-refractivity contribution in [1.29, 1.82) is 0 Å². The summed E-state index contributed by atoms with van der Waals surface area (Å²) < 4.78 is 1.25. The van der Waals surface area contributed by atoms with Crippen LogP contribution >= 0.6 is 0 Å². The van der Waals surface area contributed by atoms with E-state index in [1.54, 1.807) is 40.7 Å². The molecule has 0 aliphatic carbocycles. The van der Waals surface area contributed by atoms with Crippen LogP contribution in [-0.2, 0) is 14.4 Å². The van der Waals surface area contributed by atoms with Crippen molar-refractivity contribution in [3.8, 4) is 0 Å². The normalized spacial score (nSPS) is 17.5. The maximum Gasteiger partial charge on any atom is 0.314 e. The van der Waals surface area contributed by atoms with Crippen molar-refractivity contribution in [3.05, 3.63) is 11.8 Å². The minimum absolute atomic E-state index is 0.0665. The summed E-state index contributed by atoms with van der Waals surface area (Å²) in [5, 5.41) is 9.30. The van der Waals surface area contributed by atoms with Gasteiger partial charge in [-0.3, -0.25) is 14.4 Å². The van der Waals surface area contributed by atoms with Crippen LogP contribution in [0.5, 0.6) is 0 Å². The maximum atomic E-state index is 12.2. The molecule has 1 aromatic rings. The number of aliphatic imine (C=N–C) groups is 2. The Bertz CT molecular complexity index is 813. The third-order valence-electron chi connectivity index (χ3n) is 3.65. The average molecular weight is 360 g/mol. The summed E-state index contributed by atoms with van der Waals surface area (Å²) in [6.45, 7) is 10.7. The smallest absolute Gasteiger partial charge is 0.314 e. The first-order valence-corrected chi connectivity index (χ1v) is 8.40. The van der Waals surface area contributed by atoms with Crippen molar-refractivity contribution >= 4 is 35.2 Å². The lowest BCUT2D eigenvalue weighted by Gasteiger charge is -2.20. The molecule has 26 heavy (non-hydrogen) atoms. The van der Waals surface area contributed by atoms with E-state index in [4.69, 9.17) is 0 Å². The minimum Gasteiger partial charge on any atom is -0.343 e. The highest BCUT2D eigenvalue weighted by atomic mass is 16.2. The van der Waals surface area contributed by atoms with E-state index < -0.39 is 17.4 Å². The number of nitrogens with zero attached hydrogens (tertiary/aromatic N) is 4. The molecule has 9 nitrogen and oxygen atoms in total. The van der Waals surface area contributed by atoms with Gasteiger partial charge in [-0.25, -0.2) is 4.99 Å². The van der Waals surface area contributed by atoms with Crippen molar-refractivity contribution < 1.29 is 14.4 Å². The topological polar surface area (TPSA) is 118 Å². The van der Waals surface area contributed by atoms with Gasteiger partial charge in [0.15, 0.2) is 0 Å². The Labute approximate surface area is 152 Å². The van der Waals surface area contributed by atoms with E-state index in [0.717, 1.165) is 0 Å². The minimum atomic E-state index is -0.837. The van der Waals surface area contributed by atoms with Crippen molar-refractivity contribution in [1.82, 2.24) is 15.1 Å². The zero-order chi connectivity index (χ0) is 19.6. The number of aromatic nitrogens is 2. The van der Waals surface area contributed by atoms with E-state index in [9.17, 15) is 14.4 Å². The molecule has 1 atom stereocenters. The number of amides is 3. The lowest BCUT2D eigenvalue weighted by molar-refractivity contribution is -0.137. The maximum absolute atomic E-state index is 12.2. The molecule has 2 rings (SSSR count). The molecule has 140 valence electrons. The third-order valence-corrected chi connectivity index (χ3v) is 3.65. The fourth-order valence-corrected chi connectivity index (χ4v) is 2.49. The Morgan fingerprint density at radius 2 is 1.85 bits per heavy atom. The lowest BCUT2D eigenvalue weighted by atomic mass is 10.00. The fraction of sp³-hybridized carbons (Fsp3) is 0.529. The molecule has 0 saturated carbocycles. The Hall–Kier alpha value is -2.84. The summed E-state index contributed by atoms with van der Waals surface area (Å²) in [7, 11) is 0. The quantitative estimate of drug-likeness (QED) is 0.772. The first kappa shape index (κ1) is 19.5. The number of hydrogen-bond donors (Lipinski definition) is 2. The van der Waals surface area contributed by atoms with Gasteiger partial charge in [-0.05, 0) is 41.0 Å². The monoisotopic (exact) mass is 360 g/mol. The number of nitrogens with one attached hydrogen (secondary N) is 2. The zero-order valence-electron chi connectivity index (χ0n) is 15.9. The molecule has 0 radical (unpaired) electrons. The van der Waals surface area contributed by atoms with Crippen LogP contribution in [0.15, 0.2) is 16.1 Å². The Balaban J connectivity index is 2.28. The number of aryl methyl sites for hydroxylation is 1. The Morgan fingerprint density at radius 1 is 1.19 bits per heavy atom. The molecular weight excluding hydrogens is 336 g/mol. The highest BCUT2D eigenvalue weighted by Gasteiger charge is 2.27. The van der Waals surface area contributed by atoms with Gasteiger partial charge in [-0.15, -0.1) is 0 Å². The summed E-state index contributed by atoms with van der Waals surface area (Å²) in [5.41, 5.74) is 0.677. The fourth-order valence-electron chi connectivity index (χ4n) is 2.49. The van der Waals surface area contributed by atoms with Gasteiger partial charge >= 0.3 is 11.8 Å². The summed E-state index contributed by atoms with van der Waals surface area (Å²) >= 11 is 0. The highest BCUT2D eigenvalue weighted by molar-refractivity contribution is 6.39. The van der Waals surface area contributed by atoms with Gasteiger partial charge in [0.25, 0.3) is 11.9 Å². The second-order valence-electron chi connectivity index (χ2n) is 7.21. The molecule has 2 N–H and O–H groups in total. The molecule has 0 aromatic carbocycles. The van der Waals surface area contributed by atoms with Crippen molar-refractivity contribution in [2.75, 3.05) is 5.32 Å². The lowest BCUT2D eigenvalue weighted by Crippen LogP contribution is -2.46. The van der Waals surface area contributed by atoms with E-state index in [1.165, 1.54) is 4.68 Å². The van der Waals surface area contributed by atoms with Crippen LogP contribution < -0.4 is 10.6 Å². The molecular formula is C17H24N6O3. The van der Waals surface area contributed by atoms with Crippen LogP contribution in [0.3, 0.4) is 0 Å². The summed E-state index contributed by atoms with van der Waals surface area (Å²) in [4.78, 5) is 44.6. The number of anilines is 1. The molecule has 1 aliphatic heterocycles. The van der Waals surface area contributed by atoms with Crippen LogP contribution in [0.2, 0.25) is 0 Å². The molecule has 1 unspecified atom stereocenters. The van der Waals surface area contributed by atoms with Crippen molar-refractivity contribution in [3.63, 3.8) is 0 Å². The molecule has 0 fully saturated rings. The molecule has 9 heteroatoms. The predicted molar refractivity (Wildman–Crippen MR) is 98.2 cm³/mol. The zero-order valence-corrected chi connectivity index (χ0v) is 15.9. The second kappa shape index (κ2) is 7.19. The SMILES string of the molecule is CCC1C(=O)N=C(n2nc(C)cc2NC(=O)C(=O)NC(C)(C)C)N=C1C. The van der Waals surface area contributed by atoms with Gasteiger partial charge in [0.05, 0.1) is 11.6 Å². The van der Waals surface area contributed by atoms with Crippen LogP contribution in [0.25, 0.3) is 0 Å². The van der Waals surface area contributed by atoms with Gasteiger partial charge in [-0.2, -0.15) is 14.8 Å². The molecule has 0 spiro atoms. The Morgan fingerprint density at radius 3 is 2.38 bits per heavy atom. The number of rotatable bonds is 2. The number of carbonyl (C=O) groups is 3. The van der Waals surface area contributed by atoms with Gasteiger partial charge in [0, 0.05) is 17.3 Å². The van der Waals surface area contributed by atoms with Crippen LogP contribution in [-0.4, -0.2) is 44.7 Å². The molecule has 0 saturated heterocycles. The van der Waals surface area contributed by atoms with Crippen LogP contribution in [0.4, 0.5) is 5.82 Å². The highest BCUT2D eigenvalue weighted by Crippen LogP contribution is 2.17. The summed E-state index contributed by atoms with van der Waals surface area (Å²) in [6.07, 6.45) is 0.611. The van der Waals surface area contributed by atoms with Crippen LogP contribution in [0.1, 0.15) is 46.7 Å². The Kier molecular flexibility index (Phi) is 5.38. The summed E-state index contributed by atoms with van der Waals surface area (Å²) in [5.74, 6) is -1.96. The summed E-state index contributed by atoms with van der Waals surface area (Å²) in [6, 6.07) is 1.58.